The summed E-state index contributed by atoms with van der Waals surface area (Å²) >= 11 is 4.73. The summed E-state index contributed by atoms with van der Waals surface area (Å²) in [5.41, 5.74) is 3.27. The van der Waals surface area contributed by atoms with Crippen LogP contribution in [0.4, 0.5) is 5.69 Å². The quantitative estimate of drug-likeness (QED) is 0.276. The number of hydrogen-bond acceptors (Lipinski definition) is 6. The second kappa shape index (κ2) is 9.15. The van der Waals surface area contributed by atoms with Crippen molar-refractivity contribution in [2.45, 2.75) is 26.4 Å². The lowest BCUT2D eigenvalue weighted by Crippen LogP contribution is -2.16. The van der Waals surface area contributed by atoms with E-state index in [9.17, 15) is 14.9 Å². The van der Waals surface area contributed by atoms with Crippen molar-refractivity contribution in [2.24, 2.45) is 5.10 Å². The van der Waals surface area contributed by atoms with Gasteiger partial charge in [-0.3, -0.25) is 14.9 Å². The Morgan fingerprint density at radius 3 is 2.83 bits per heavy atom. The topological polar surface area (TPSA) is 93.8 Å². The molecule has 0 aliphatic carbocycles. The maximum Gasteiger partial charge on any atom is 0.281 e. The van der Waals surface area contributed by atoms with Gasteiger partial charge in [-0.15, -0.1) is 11.3 Å². The van der Waals surface area contributed by atoms with E-state index in [2.05, 4.69) is 33.4 Å². The fourth-order valence-electron chi connectivity index (χ4n) is 2.47. The number of fused-ring (bicyclic) bond motifs is 1. The van der Waals surface area contributed by atoms with Crippen molar-refractivity contribution in [2.75, 3.05) is 0 Å². The number of nitro groups is 1. The van der Waals surface area contributed by atoms with Crippen molar-refractivity contribution >= 4 is 55.2 Å². The first kappa shape index (κ1) is 20.9. The van der Waals surface area contributed by atoms with Gasteiger partial charge in [0.15, 0.2) is 0 Å². The lowest BCUT2D eigenvalue weighted by Gasteiger charge is -2.14. The van der Waals surface area contributed by atoms with E-state index in [1.165, 1.54) is 29.7 Å². The zero-order valence-electron chi connectivity index (χ0n) is 15.7. The summed E-state index contributed by atoms with van der Waals surface area (Å²) in [4.78, 5) is 23.2. The van der Waals surface area contributed by atoms with Crippen LogP contribution in [-0.4, -0.2) is 23.1 Å². The van der Waals surface area contributed by atoms with E-state index in [0.717, 1.165) is 26.9 Å². The highest BCUT2D eigenvalue weighted by Gasteiger charge is 2.13. The zero-order valence-corrected chi connectivity index (χ0v) is 18.1. The fourth-order valence-corrected chi connectivity index (χ4v) is 3.89. The first-order valence-electron chi connectivity index (χ1n) is 8.85. The van der Waals surface area contributed by atoms with Gasteiger partial charge in [0.05, 0.1) is 26.6 Å². The predicted octanol–water partition coefficient (Wildman–Crippen LogP) is 5.51. The number of nitro benzene ring substituents is 1. The van der Waals surface area contributed by atoms with Crippen LogP contribution in [0.1, 0.15) is 35.5 Å². The Morgan fingerprint density at radius 2 is 2.14 bits per heavy atom. The molecule has 0 saturated carbocycles. The van der Waals surface area contributed by atoms with Crippen LogP contribution in [0.2, 0.25) is 0 Å². The third-order valence-corrected chi connectivity index (χ3v) is 5.91. The summed E-state index contributed by atoms with van der Waals surface area (Å²) in [7, 11) is 0. The monoisotopic (exact) mass is 475 g/mol. The molecule has 0 aliphatic heterocycles. The van der Waals surface area contributed by atoms with Crippen molar-refractivity contribution < 1.29 is 14.5 Å². The van der Waals surface area contributed by atoms with Crippen molar-refractivity contribution in [3.63, 3.8) is 0 Å². The van der Waals surface area contributed by atoms with E-state index in [0.29, 0.717) is 10.3 Å². The molecule has 1 atom stereocenters. The van der Waals surface area contributed by atoms with Gasteiger partial charge in [0.2, 0.25) is 0 Å². The van der Waals surface area contributed by atoms with E-state index < -0.39 is 4.92 Å². The molecule has 0 bridgehead atoms. The van der Waals surface area contributed by atoms with Crippen LogP contribution >= 0.6 is 27.3 Å². The van der Waals surface area contributed by atoms with Gasteiger partial charge >= 0.3 is 0 Å². The minimum atomic E-state index is -0.460. The third kappa shape index (κ3) is 5.18. The number of ether oxygens (including phenoxy) is 1. The van der Waals surface area contributed by atoms with Crippen molar-refractivity contribution in [3.8, 4) is 5.75 Å². The highest BCUT2D eigenvalue weighted by molar-refractivity contribution is 9.10. The van der Waals surface area contributed by atoms with Gasteiger partial charge in [0.25, 0.3) is 11.6 Å². The van der Waals surface area contributed by atoms with E-state index in [-0.39, 0.29) is 17.7 Å². The summed E-state index contributed by atoms with van der Waals surface area (Å²) in [5, 5.41) is 15.5. The third-order valence-electron chi connectivity index (χ3n) is 4.17. The summed E-state index contributed by atoms with van der Waals surface area (Å²) < 4.78 is 7.40. The molecule has 1 amide bonds. The van der Waals surface area contributed by atoms with Crippen molar-refractivity contribution in [1.82, 2.24) is 5.43 Å². The van der Waals surface area contributed by atoms with Crippen molar-refractivity contribution in [3.05, 3.63) is 67.5 Å². The van der Waals surface area contributed by atoms with Crippen LogP contribution < -0.4 is 10.2 Å². The standard InChI is InChI=1S/C20H18BrN3O4S/c1-3-12(2)28-17-6-4-13(8-16(17)21)11-22-23-20(25)19-10-14-9-15(24(26)27)5-7-18(14)29-19/h4-12H,3H2,1-2H3,(H,23,25). The average Bonchev–Trinajstić information content (AvgIpc) is 3.13. The second-order valence-corrected chi connectivity index (χ2v) is 8.25. The number of hydrogen-bond donors (Lipinski definition) is 1. The fraction of sp³-hybridized carbons (Fsp3) is 0.200. The van der Waals surface area contributed by atoms with E-state index in [1.807, 2.05) is 25.1 Å². The molecule has 9 heteroatoms. The van der Waals surface area contributed by atoms with Crippen LogP contribution in [0, 0.1) is 10.1 Å². The number of carbonyl (C=O) groups is 1. The Balaban J connectivity index is 1.67. The predicted molar refractivity (Wildman–Crippen MR) is 118 cm³/mol. The minimum absolute atomic E-state index is 0.00777. The first-order chi connectivity index (χ1) is 13.9. The maximum absolute atomic E-state index is 12.3. The highest BCUT2D eigenvalue weighted by atomic mass is 79.9. The SMILES string of the molecule is CCC(C)Oc1ccc(C=NNC(=O)c2cc3cc([N+](=O)[O-])ccc3s2)cc1Br. The number of non-ortho nitro benzene ring substituents is 1. The van der Waals surface area contributed by atoms with E-state index >= 15 is 0 Å². The Kier molecular flexibility index (Phi) is 6.60. The summed E-state index contributed by atoms with van der Waals surface area (Å²) in [6, 6.07) is 11.7. The maximum atomic E-state index is 12.3. The molecule has 0 saturated heterocycles. The number of hydrazone groups is 1. The van der Waals surface area contributed by atoms with Crippen molar-refractivity contribution in [1.29, 1.82) is 0 Å². The molecule has 1 heterocycles. The molecule has 1 unspecified atom stereocenters. The Bertz CT molecular complexity index is 1100. The van der Waals surface area contributed by atoms with Crippen LogP contribution in [0.15, 0.2) is 52.0 Å². The smallest absolute Gasteiger partial charge is 0.281 e. The molecule has 2 aromatic carbocycles. The lowest BCUT2D eigenvalue weighted by molar-refractivity contribution is -0.384. The highest BCUT2D eigenvalue weighted by Crippen LogP contribution is 2.29. The molecule has 0 radical (unpaired) electrons. The number of amides is 1. The van der Waals surface area contributed by atoms with Gasteiger partial charge in [-0.05, 0) is 65.2 Å². The number of thiophene rings is 1. The Hall–Kier alpha value is -2.78. The Morgan fingerprint density at radius 1 is 1.34 bits per heavy atom. The number of nitrogens with one attached hydrogen (secondary N) is 1. The first-order valence-corrected chi connectivity index (χ1v) is 10.5. The molecule has 7 nitrogen and oxygen atoms in total. The summed E-state index contributed by atoms with van der Waals surface area (Å²) in [5.74, 6) is 0.376. The molecule has 150 valence electrons. The molecule has 29 heavy (non-hydrogen) atoms. The number of carbonyl (C=O) groups excluding carboxylic acids is 1. The normalized spacial score (nSPS) is 12.2. The van der Waals surface area contributed by atoms with Gasteiger partial charge < -0.3 is 4.74 Å². The zero-order chi connectivity index (χ0) is 21.0. The molecular weight excluding hydrogens is 458 g/mol. The van der Waals surface area contributed by atoms with Gasteiger partial charge in [0, 0.05) is 22.2 Å². The molecule has 1 aromatic heterocycles. The molecule has 3 aromatic rings. The lowest BCUT2D eigenvalue weighted by atomic mass is 10.2. The number of benzene rings is 2. The number of halogens is 1. The van der Waals surface area contributed by atoms with Crippen LogP contribution in [0.3, 0.4) is 0 Å². The van der Waals surface area contributed by atoms with Crippen LogP contribution in [-0.2, 0) is 0 Å². The molecular formula is C20H18BrN3O4S. The van der Waals surface area contributed by atoms with Crippen LogP contribution in [0.25, 0.3) is 10.1 Å². The van der Waals surface area contributed by atoms with E-state index in [1.54, 1.807) is 12.1 Å². The summed E-state index contributed by atoms with van der Waals surface area (Å²) in [6.07, 6.45) is 2.56. The summed E-state index contributed by atoms with van der Waals surface area (Å²) in [6.45, 7) is 4.06. The van der Waals surface area contributed by atoms with Gasteiger partial charge in [0.1, 0.15) is 5.75 Å². The largest absolute Gasteiger partial charge is 0.490 e. The van der Waals surface area contributed by atoms with Gasteiger partial charge in [-0.1, -0.05) is 6.92 Å². The molecule has 1 N–H and O–H groups in total. The van der Waals surface area contributed by atoms with Crippen LogP contribution in [0.5, 0.6) is 5.75 Å². The second-order valence-electron chi connectivity index (χ2n) is 6.32. The molecule has 0 spiro atoms. The van der Waals surface area contributed by atoms with Gasteiger partial charge in [-0.25, -0.2) is 5.43 Å². The minimum Gasteiger partial charge on any atom is -0.490 e. The van der Waals surface area contributed by atoms with E-state index in [4.69, 9.17) is 4.74 Å². The molecule has 0 aliphatic rings. The molecule has 3 rings (SSSR count). The number of nitrogens with zero attached hydrogens (tertiary/aromatic N) is 2. The van der Waals surface area contributed by atoms with Gasteiger partial charge in [-0.2, -0.15) is 5.10 Å². The number of rotatable bonds is 7. The Labute approximate surface area is 179 Å². The molecule has 0 fully saturated rings. The average molecular weight is 476 g/mol.